The second-order valence-corrected chi connectivity index (χ2v) is 14.5. The Kier molecular flexibility index (Phi) is 11.1. The first-order valence-corrected chi connectivity index (χ1v) is 20.1. The van der Waals surface area contributed by atoms with Crippen molar-refractivity contribution >= 4 is 58.4 Å². The molecule has 47 heavy (non-hydrogen) atoms. The fraction of sp³-hybridized carbons (Fsp3) is 0.441. The van der Waals surface area contributed by atoms with Gasteiger partial charge in [0, 0.05) is 25.4 Å². The molecule has 2 aliphatic rings. The number of nitrogens with zero attached hydrogens (tertiary/aromatic N) is 5. The molecular weight excluding hydrogens is 727 g/mol. The maximum absolute atomic E-state index is 13.1. The number of aromatic nitrogens is 4. The monoisotopic (exact) mass is 771 g/mol. The Morgan fingerprint density at radius 2 is 1.85 bits per heavy atom. The predicted molar refractivity (Wildman–Crippen MR) is 198 cm³/mol. The van der Waals surface area contributed by atoms with Gasteiger partial charge in [-0.1, -0.05) is 44.1 Å². The normalized spacial score (nSPS) is 18.9. The second kappa shape index (κ2) is 14.7. The van der Waals surface area contributed by atoms with Gasteiger partial charge < -0.3 is 23.7 Å². The van der Waals surface area contributed by atoms with E-state index in [1.54, 1.807) is 4.68 Å². The van der Waals surface area contributed by atoms with Crippen LogP contribution in [0, 0.1) is 6.92 Å². The highest BCUT2D eigenvalue weighted by atomic mass is 127. The molecule has 2 atom stereocenters. The Balaban J connectivity index is 0.00000213. The lowest BCUT2D eigenvalue weighted by molar-refractivity contribution is -0.133. The molecule has 0 aliphatic carbocycles. The largest absolute Gasteiger partial charge is 0.487 e. The zero-order chi connectivity index (χ0) is 33.9. The SMILES string of the molecule is CC.Cc1ccccc1OC1CCN(CCOc2c(-c3ccc4c(c3)c(/C=C/B3OC(C)(C)C(C)(C)O3)nn4PI)cnn2C)C1=O. The highest BCUT2D eigenvalue weighted by molar-refractivity contribution is 14.2. The minimum Gasteiger partial charge on any atom is -0.480 e. The third-order valence-electron chi connectivity index (χ3n) is 8.88. The number of hydrogen-bond acceptors (Lipinski definition) is 7. The Bertz CT molecular complexity index is 1740. The van der Waals surface area contributed by atoms with Gasteiger partial charge >= 0.3 is 7.12 Å². The number of benzene rings is 2. The summed E-state index contributed by atoms with van der Waals surface area (Å²) in [7, 11) is 1.41. The van der Waals surface area contributed by atoms with Crippen molar-refractivity contribution in [2.45, 2.75) is 72.2 Å². The molecule has 2 aliphatic heterocycles. The van der Waals surface area contributed by atoms with Crippen molar-refractivity contribution in [1.29, 1.82) is 0 Å². The van der Waals surface area contributed by atoms with Gasteiger partial charge in [-0.25, -0.2) is 9.13 Å². The molecule has 0 radical (unpaired) electrons. The van der Waals surface area contributed by atoms with E-state index in [0.717, 1.165) is 39.0 Å². The van der Waals surface area contributed by atoms with Crippen LogP contribution in [-0.2, 0) is 21.2 Å². The standard InChI is InChI=1S/C32H38BIN5O5P.C2H6/c1-21-9-7-8-10-27(21)42-28-14-16-38(29(28)40)17-18-41-30-24(20-35-37(30)6)22-11-12-26-23(19-22)25(36-39(26)45-34)13-15-33-43-31(2,3)32(4,5)44-33;1-2/h7-13,15,19-20,28,45H,14,16-18H2,1-6H3;1-2H3/b15-13+;. The van der Waals surface area contributed by atoms with E-state index < -0.39 is 24.4 Å². The lowest BCUT2D eigenvalue weighted by atomic mass is 9.89. The molecule has 13 heteroatoms. The number of amides is 1. The Morgan fingerprint density at radius 3 is 2.55 bits per heavy atom. The van der Waals surface area contributed by atoms with Gasteiger partial charge in [0.1, 0.15) is 12.4 Å². The van der Waals surface area contributed by atoms with Crippen molar-refractivity contribution in [3.63, 3.8) is 0 Å². The van der Waals surface area contributed by atoms with E-state index in [2.05, 4.69) is 45.3 Å². The van der Waals surface area contributed by atoms with E-state index >= 15 is 0 Å². The number of fused-ring (bicyclic) bond motifs is 1. The molecule has 2 aromatic carbocycles. The van der Waals surface area contributed by atoms with E-state index in [1.165, 1.54) is 0 Å². The van der Waals surface area contributed by atoms with Crippen molar-refractivity contribution in [2.75, 3.05) is 19.7 Å². The molecule has 0 spiro atoms. The van der Waals surface area contributed by atoms with Crippen LogP contribution in [-0.4, -0.2) is 74.3 Å². The average molecular weight is 771 g/mol. The minimum atomic E-state index is -0.470. The number of ether oxygens (including phenoxy) is 2. The molecule has 0 bridgehead atoms. The van der Waals surface area contributed by atoms with Gasteiger partial charge in [0.15, 0.2) is 6.10 Å². The topological polar surface area (TPSA) is 92.9 Å². The molecular formula is C34H44BIN5O5P. The van der Waals surface area contributed by atoms with Crippen LogP contribution in [0.5, 0.6) is 11.6 Å². The molecule has 250 valence electrons. The van der Waals surface area contributed by atoms with Gasteiger partial charge in [-0.05, 0) is 92.1 Å². The maximum Gasteiger partial charge on any atom is 0.487 e. The van der Waals surface area contributed by atoms with Crippen LogP contribution < -0.4 is 9.47 Å². The quantitative estimate of drug-likeness (QED) is 0.0953. The van der Waals surface area contributed by atoms with Crippen LogP contribution >= 0.6 is 28.4 Å². The number of likely N-dealkylation sites (tertiary alicyclic amines) is 1. The molecule has 4 aromatic rings. The van der Waals surface area contributed by atoms with Crippen LogP contribution in [0.3, 0.4) is 0 Å². The second-order valence-electron chi connectivity index (χ2n) is 12.4. The van der Waals surface area contributed by atoms with Gasteiger partial charge in [-0.3, -0.25) is 4.79 Å². The number of para-hydroxylation sites is 1. The van der Waals surface area contributed by atoms with Crippen LogP contribution in [0.4, 0.5) is 0 Å². The number of aryl methyl sites for hydroxylation is 2. The smallest absolute Gasteiger partial charge is 0.480 e. The summed E-state index contributed by atoms with van der Waals surface area (Å²) < 4.78 is 28.4. The summed E-state index contributed by atoms with van der Waals surface area (Å²) in [5.41, 5.74) is 3.93. The van der Waals surface area contributed by atoms with Gasteiger partial charge in [0.2, 0.25) is 5.88 Å². The number of halogens is 1. The molecule has 4 heterocycles. The molecule has 1 amide bonds. The van der Waals surface area contributed by atoms with Gasteiger partial charge in [0.25, 0.3) is 5.91 Å². The molecule has 0 N–H and O–H groups in total. The van der Waals surface area contributed by atoms with Crippen LogP contribution in [0.25, 0.3) is 28.1 Å². The first kappa shape index (κ1) is 35.4. The predicted octanol–water partition coefficient (Wildman–Crippen LogP) is 7.27. The third kappa shape index (κ3) is 7.40. The van der Waals surface area contributed by atoms with E-state index in [9.17, 15) is 4.79 Å². The molecule has 10 nitrogen and oxygen atoms in total. The van der Waals surface area contributed by atoms with Crippen molar-refractivity contribution < 1.29 is 23.6 Å². The van der Waals surface area contributed by atoms with Crippen LogP contribution in [0.15, 0.2) is 54.6 Å². The fourth-order valence-electron chi connectivity index (χ4n) is 5.57. The van der Waals surface area contributed by atoms with Crippen molar-refractivity contribution in [3.05, 3.63) is 65.9 Å². The fourth-order valence-corrected chi connectivity index (χ4v) is 7.10. The molecule has 2 saturated heterocycles. The third-order valence-corrected chi connectivity index (χ3v) is 10.7. The lowest BCUT2D eigenvalue weighted by Crippen LogP contribution is -2.41. The Labute approximate surface area is 292 Å². The summed E-state index contributed by atoms with van der Waals surface area (Å²) >= 11 is 2.34. The maximum atomic E-state index is 13.1. The number of carbonyl (C=O) groups is 1. The molecule has 2 unspecified atom stereocenters. The summed E-state index contributed by atoms with van der Waals surface area (Å²) in [5, 5.41) is 10.4. The van der Waals surface area contributed by atoms with Crippen molar-refractivity contribution in [3.8, 4) is 22.8 Å². The summed E-state index contributed by atoms with van der Waals surface area (Å²) in [5.74, 6) is 3.32. The van der Waals surface area contributed by atoms with Crippen molar-refractivity contribution in [1.82, 2.24) is 24.2 Å². The molecule has 2 fully saturated rings. The number of rotatable bonds is 10. The van der Waals surface area contributed by atoms with E-state index in [-0.39, 0.29) is 5.91 Å². The summed E-state index contributed by atoms with van der Waals surface area (Å²) in [4.78, 5) is 14.9. The van der Waals surface area contributed by atoms with Gasteiger partial charge in [-0.2, -0.15) is 10.2 Å². The van der Waals surface area contributed by atoms with E-state index in [0.29, 0.717) is 38.4 Å². The number of hydrogen-bond donors (Lipinski definition) is 0. The number of carbonyl (C=O) groups excluding carboxylic acids is 1. The van der Waals surface area contributed by atoms with Gasteiger partial charge in [0.05, 0.1) is 47.1 Å². The zero-order valence-corrected chi connectivity index (χ0v) is 31.6. The van der Waals surface area contributed by atoms with E-state index in [1.807, 2.05) is 107 Å². The van der Waals surface area contributed by atoms with Crippen molar-refractivity contribution in [2.24, 2.45) is 7.05 Å². The summed E-state index contributed by atoms with van der Waals surface area (Å²) in [6.07, 6.45) is 4.42. The highest BCUT2D eigenvalue weighted by Gasteiger charge is 2.50. The van der Waals surface area contributed by atoms with Gasteiger partial charge in [-0.15, -0.1) is 0 Å². The van der Waals surface area contributed by atoms with Crippen LogP contribution in [0.2, 0.25) is 0 Å². The minimum absolute atomic E-state index is 0.00775. The summed E-state index contributed by atoms with van der Waals surface area (Å²) in [6, 6.07) is 14.1. The summed E-state index contributed by atoms with van der Waals surface area (Å²) in [6.45, 7) is 15.6. The van der Waals surface area contributed by atoms with E-state index in [4.69, 9.17) is 23.9 Å². The average Bonchev–Trinajstić information content (AvgIpc) is 3.76. The molecule has 6 rings (SSSR count). The highest BCUT2D eigenvalue weighted by Crippen LogP contribution is 2.39. The zero-order valence-electron chi connectivity index (χ0n) is 28.4. The lowest BCUT2D eigenvalue weighted by Gasteiger charge is -2.32. The Morgan fingerprint density at radius 1 is 1.13 bits per heavy atom. The Hall–Kier alpha value is -2.93. The first-order valence-electron chi connectivity index (χ1n) is 16.1. The first-order chi connectivity index (χ1) is 22.5. The molecule has 0 saturated carbocycles. The van der Waals surface area contributed by atoms with Crippen LogP contribution in [0.1, 0.15) is 59.2 Å². The molecule has 2 aromatic heterocycles.